The molecule has 1 aromatic rings. The Hall–Kier alpha value is -2.29. The molecule has 3 amide bonds. The van der Waals surface area contributed by atoms with Gasteiger partial charge < -0.3 is 15.7 Å². The first-order valence-corrected chi connectivity index (χ1v) is 9.80. The summed E-state index contributed by atoms with van der Waals surface area (Å²) in [6, 6.07) is 5.23. The minimum atomic E-state index is -0.840. The van der Waals surface area contributed by atoms with Crippen LogP contribution in [0.15, 0.2) is 18.2 Å². The molecule has 8 heteroatoms. The lowest BCUT2D eigenvalue weighted by Gasteiger charge is -2.38. The van der Waals surface area contributed by atoms with E-state index in [0.29, 0.717) is 38.0 Å². The van der Waals surface area contributed by atoms with E-state index in [4.69, 9.17) is 5.73 Å². The van der Waals surface area contributed by atoms with Crippen molar-refractivity contribution in [2.75, 3.05) is 19.6 Å². The highest BCUT2D eigenvalue weighted by Crippen LogP contribution is 2.29. The maximum atomic E-state index is 12.9. The summed E-state index contributed by atoms with van der Waals surface area (Å²) in [4.78, 5) is 40.1. The number of hydrogen-bond acceptors (Lipinski definition) is 6. The van der Waals surface area contributed by atoms with Gasteiger partial charge in [-0.2, -0.15) is 0 Å². The molecule has 3 aliphatic rings. The molecule has 150 valence electrons. The molecule has 2 fully saturated rings. The third kappa shape index (κ3) is 3.55. The predicted octanol–water partition coefficient (Wildman–Crippen LogP) is -0.267. The van der Waals surface area contributed by atoms with E-state index in [1.807, 2.05) is 18.2 Å². The fraction of sp³-hybridized carbons (Fsp3) is 0.550. The Balaban J connectivity index is 1.47. The van der Waals surface area contributed by atoms with E-state index in [2.05, 4.69) is 10.2 Å². The number of fused-ring (bicyclic) bond motifs is 1. The van der Waals surface area contributed by atoms with Gasteiger partial charge in [0.25, 0.3) is 5.91 Å². The van der Waals surface area contributed by atoms with Gasteiger partial charge in [-0.25, -0.2) is 0 Å². The Morgan fingerprint density at radius 3 is 2.86 bits per heavy atom. The van der Waals surface area contributed by atoms with Crippen LogP contribution >= 0.6 is 0 Å². The van der Waals surface area contributed by atoms with E-state index in [9.17, 15) is 19.5 Å². The lowest BCUT2D eigenvalue weighted by Crippen LogP contribution is -2.52. The van der Waals surface area contributed by atoms with Gasteiger partial charge in [0.05, 0.1) is 5.60 Å². The number of carbonyl (C=O) groups excluding carboxylic acids is 3. The topological polar surface area (TPSA) is 116 Å². The van der Waals surface area contributed by atoms with Crippen molar-refractivity contribution in [3.8, 4) is 0 Å². The zero-order chi connectivity index (χ0) is 19.9. The van der Waals surface area contributed by atoms with Gasteiger partial charge in [0, 0.05) is 38.2 Å². The van der Waals surface area contributed by atoms with Gasteiger partial charge in [-0.05, 0) is 43.0 Å². The minimum absolute atomic E-state index is 0.163. The van der Waals surface area contributed by atoms with Crippen LogP contribution in [0.3, 0.4) is 0 Å². The average Bonchev–Trinajstić information content (AvgIpc) is 2.98. The number of aliphatic hydroxyl groups is 1. The summed E-state index contributed by atoms with van der Waals surface area (Å²) in [7, 11) is 0. The summed E-state index contributed by atoms with van der Waals surface area (Å²) >= 11 is 0. The molecule has 0 bridgehead atoms. The van der Waals surface area contributed by atoms with Crippen molar-refractivity contribution < 1.29 is 19.5 Å². The van der Waals surface area contributed by atoms with Crippen LogP contribution in [0.1, 0.15) is 47.2 Å². The molecule has 4 rings (SSSR count). The van der Waals surface area contributed by atoms with Crippen molar-refractivity contribution in [3.05, 3.63) is 34.9 Å². The lowest BCUT2D eigenvalue weighted by atomic mass is 9.92. The number of carbonyl (C=O) groups is 3. The summed E-state index contributed by atoms with van der Waals surface area (Å²) in [6.45, 7) is 2.68. The number of hydrogen-bond donors (Lipinski definition) is 3. The van der Waals surface area contributed by atoms with Gasteiger partial charge in [-0.15, -0.1) is 0 Å². The molecule has 0 aliphatic carbocycles. The Kier molecular flexibility index (Phi) is 4.95. The molecule has 4 N–H and O–H groups in total. The quantitative estimate of drug-likeness (QED) is 0.614. The van der Waals surface area contributed by atoms with Crippen LogP contribution in [0.5, 0.6) is 0 Å². The van der Waals surface area contributed by atoms with Crippen molar-refractivity contribution in [1.82, 2.24) is 15.1 Å². The third-order valence-corrected chi connectivity index (χ3v) is 6.01. The number of piperidine rings is 2. The zero-order valence-electron chi connectivity index (χ0n) is 15.8. The maximum Gasteiger partial charge on any atom is 0.255 e. The number of β-amino-alcohol motifs (C(OH)–C–C–N with tert-alkyl or cyclic N) is 1. The zero-order valence-corrected chi connectivity index (χ0v) is 15.8. The van der Waals surface area contributed by atoms with E-state index in [1.165, 1.54) is 0 Å². The fourth-order valence-electron chi connectivity index (χ4n) is 4.47. The number of imide groups is 1. The van der Waals surface area contributed by atoms with Crippen LogP contribution in [0.4, 0.5) is 0 Å². The van der Waals surface area contributed by atoms with Gasteiger partial charge in [-0.3, -0.25) is 24.6 Å². The summed E-state index contributed by atoms with van der Waals surface area (Å²) in [6.07, 6.45) is 2.22. The largest absolute Gasteiger partial charge is 0.387 e. The fourth-order valence-corrected chi connectivity index (χ4v) is 4.47. The second-order valence-electron chi connectivity index (χ2n) is 8.13. The number of benzene rings is 1. The molecular weight excluding hydrogens is 360 g/mol. The van der Waals surface area contributed by atoms with Crippen LogP contribution in [-0.4, -0.2) is 63.9 Å². The molecule has 2 atom stereocenters. The second-order valence-corrected chi connectivity index (χ2v) is 8.13. The van der Waals surface area contributed by atoms with Crippen molar-refractivity contribution >= 4 is 17.7 Å². The molecule has 28 heavy (non-hydrogen) atoms. The smallest absolute Gasteiger partial charge is 0.255 e. The molecule has 2 saturated heterocycles. The minimum Gasteiger partial charge on any atom is -0.387 e. The maximum absolute atomic E-state index is 12.9. The first kappa shape index (κ1) is 19.0. The molecular formula is C20H26N4O4. The Morgan fingerprint density at radius 2 is 2.11 bits per heavy atom. The summed E-state index contributed by atoms with van der Waals surface area (Å²) in [5.41, 5.74) is 7.39. The monoisotopic (exact) mass is 386 g/mol. The van der Waals surface area contributed by atoms with Crippen LogP contribution in [-0.2, 0) is 22.7 Å². The van der Waals surface area contributed by atoms with Crippen LogP contribution in [0.25, 0.3) is 0 Å². The van der Waals surface area contributed by atoms with Gasteiger partial charge >= 0.3 is 0 Å². The number of nitrogens with one attached hydrogen (secondary N) is 1. The molecule has 3 aliphatic heterocycles. The van der Waals surface area contributed by atoms with Crippen molar-refractivity contribution in [1.29, 1.82) is 0 Å². The lowest BCUT2D eigenvalue weighted by molar-refractivity contribution is -0.136. The normalized spacial score (nSPS) is 28.4. The molecule has 1 aromatic carbocycles. The van der Waals surface area contributed by atoms with Crippen molar-refractivity contribution in [2.24, 2.45) is 5.73 Å². The van der Waals surface area contributed by atoms with Gasteiger partial charge in [0.2, 0.25) is 11.8 Å². The van der Waals surface area contributed by atoms with Gasteiger partial charge in [0.15, 0.2) is 0 Å². The molecule has 0 radical (unpaired) electrons. The highest BCUT2D eigenvalue weighted by molar-refractivity contribution is 6.05. The van der Waals surface area contributed by atoms with Crippen LogP contribution in [0, 0.1) is 0 Å². The number of nitrogens with zero attached hydrogens (tertiary/aromatic N) is 2. The Morgan fingerprint density at radius 1 is 1.29 bits per heavy atom. The number of rotatable bonds is 4. The molecule has 8 nitrogen and oxygen atoms in total. The van der Waals surface area contributed by atoms with Crippen LogP contribution < -0.4 is 11.1 Å². The summed E-state index contributed by atoms with van der Waals surface area (Å²) < 4.78 is 0. The molecule has 0 saturated carbocycles. The first-order chi connectivity index (χ1) is 13.4. The van der Waals surface area contributed by atoms with Crippen molar-refractivity contribution in [2.45, 2.75) is 50.4 Å². The van der Waals surface area contributed by atoms with E-state index in [1.54, 1.807) is 4.90 Å². The second kappa shape index (κ2) is 7.27. The Labute approximate surface area is 163 Å². The van der Waals surface area contributed by atoms with E-state index in [-0.39, 0.29) is 24.8 Å². The van der Waals surface area contributed by atoms with Gasteiger partial charge in [-0.1, -0.05) is 12.1 Å². The van der Waals surface area contributed by atoms with Crippen molar-refractivity contribution in [3.63, 3.8) is 0 Å². The average molecular weight is 386 g/mol. The molecule has 2 unspecified atom stereocenters. The summed E-state index contributed by atoms with van der Waals surface area (Å²) in [5, 5.41) is 12.8. The van der Waals surface area contributed by atoms with E-state index >= 15 is 0 Å². The standard InChI is InChI=1S/C20H26N4O4/c21-11-20(28)6-1-7-23(12-20)9-13-2-3-14-10-24(19(27)15(14)8-13)16-4-5-17(25)22-18(16)26/h2-3,8,16,28H,1,4-7,9-12,21H2,(H,22,25,26). The third-order valence-electron chi connectivity index (χ3n) is 6.01. The SMILES string of the molecule is NCC1(O)CCCN(Cc2ccc3c(c2)C(=O)N(C2CCC(=O)NC2=O)C3)C1. The first-order valence-electron chi connectivity index (χ1n) is 9.80. The van der Waals surface area contributed by atoms with Crippen LogP contribution in [0.2, 0.25) is 0 Å². The highest BCUT2D eigenvalue weighted by atomic mass is 16.3. The van der Waals surface area contributed by atoms with Gasteiger partial charge in [0.1, 0.15) is 6.04 Å². The number of nitrogens with two attached hydrogens (primary N) is 1. The predicted molar refractivity (Wildman–Crippen MR) is 101 cm³/mol. The molecule has 0 aromatic heterocycles. The number of amides is 3. The molecule has 0 spiro atoms. The van der Waals surface area contributed by atoms with E-state index in [0.717, 1.165) is 24.1 Å². The Bertz CT molecular complexity index is 826. The number of likely N-dealkylation sites (tertiary alicyclic amines) is 1. The van der Waals surface area contributed by atoms with E-state index < -0.39 is 17.6 Å². The summed E-state index contributed by atoms with van der Waals surface area (Å²) in [5.74, 6) is -0.845. The highest BCUT2D eigenvalue weighted by Gasteiger charge is 2.39. The molecule has 3 heterocycles.